The number of imidazole rings is 1. The summed E-state index contributed by atoms with van der Waals surface area (Å²) in [5.74, 6) is -1.83. The Labute approximate surface area is 109 Å². The van der Waals surface area contributed by atoms with Gasteiger partial charge in [0.1, 0.15) is 5.52 Å². The summed E-state index contributed by atoms with van der Waals surface area (Å²) in [4.78, 5) is 6.40. The van der Waals surface area contributed by atoms with Crippen LogP contribution in [0.2, 0.25) is 0 Å². The van der Waals surface area contributed by atoms with E-state index < -0.39 is 5.92 Å². The van der Waals surface area contributed by atoms with Crippen molar-refractivity contribution >= 4 is 22.7 Å². The van der Waals surface area contributed by atoms with Crippen LogP contribution in [-0.2, 0) is 7.05 Å². The molecule has 0 aliphatic carbocycles. The van der Waals surface area contributed by atoms with Gasteiger partial charge in [-0.05, 0) is 12.1 Å². The van der Waals surface area contributed by atoms with Gasteiger partial charge in [-0.3, -0.25) is 0 Å². The molecule has 1 aromatic heterocycles. The zero-order valence-corrected chi connectivity index (χ0v) is 10.7. The lowest BCUT2D eigenvalue weighted by atomic mass is 10.1. The minimum atomic E-state index is -2.54. The number of aromatic nitrogens is 2. The van der Waals surface area contributed by atoms with E-state index in [0.29, 0.717) is 24.7 Å². The molecule has 4 nitrogen and oxygen atoms in total. The number of aryl methyl sites for hydroxylation is 1. The second-order valence-electron chi connectivity index (χ2n) is 5.03. The molecule has 19 heavy (non-hydrogen) atoms. The third-order valence-electron chi connectivity index (χ3n) is 3.70. The van der Waals surface area contributed by atoms with Crippen molar-refractivity contribution in [3.8, 4) is 0 Å². The van der Waals surface area contributed by atoms with E-state index in [0.717, 1.165) is 11.0 Å². The lowest BCUT2D eigenvalue weighted by Gasteiger charge is -2.32. The maximum absolute atomic E-state index is 13.2. The first-order valence-electron chi connectivity index (χ1n) is 6.32. The van der Waals surface area contributed by atoms with E-state index >= 15 is 0 Å². The van der Waals surface area contributed by atoms with E-state index in [4.69, 9.17) is 5.73 Å². The molecule has 2 N–H and O–H groups in total. The first-order chi connectivity index (χ1) is 8.98. The quantitative estimate of drug-likeness (QED) is 0.806. The molecule has 0 radical (unpaired) electrons. The third kappa shape index (κ3) is 2.01. The molecule has 0 saturated carbocycles. The summed E-state index contributed by atoms with van der Waals surface area (Å²) in [6, 6.07) is 5.59. The molecular weight excluding hydrogens is 250 g/mol. The number of alkyl halides is 2. The molecule has 1 aromatic carbocycles. The van der Waals surface area contributed by atoms with E-state index in [1.807, 2.05) is 28.6 Å². The minimum Gasteiger partial charge on any atom is -0.397 e. The van der Waals surface area contributed by atoms with Gasteiger partial charge in [-0.1, -0.05) is 6.07 Å². The van der Waals surface area contributed by atoms with Gasteiger partial charge >= 0.3 is 0 Å². The highest BCUT2D eigenvalue weighted by Crippen LogP contribution is 2.32. The van der Waals surface area contributed by atoms with Crippen LogP contribution in [0.15, 0.2) is 18.2 Å². The number of para-hydroxylation sites is 1. The Balaban J connectivity index is 1.98. The summed E-state index contributed by atoms with van der Waals surface area (Å²) in [7, 11) is 1.89. The van der Waals surface area contributed by atoms with Crippen LogP contribution in [0.4, 0.5) is 20.4 Å². The van der Waals surface area contributed by atoms with Crippen LogP contribution in [0.1, 0.15) is 12.8 Å². The van der Waals surface area contributed by atoms with Crippen molar-refractivity contribution in [2.24, 2.45) is 7.05 Å². The molecule has 0 spiro atoms. The molecule has 1 aliphatic rings. The van der Waals surface area contributed by atoms with E-state index in [-0.39, 0.29) is 12.8 Å². The predicted octanol–water partition coefficient (Wildman–Crippen LogP) is 2.39. The van der Waals surface area contributed by atoms with Gasteiger partial charge < -0.3 is 15.2 Å². The number of benzene rings is 1. The first-order valence-corrected chi connectivity index (χ1v) is 6.32. The Bertz CT molecular complexity index is 610. The van der Waals surface area contributed by atoms with Gasteiger partial charge in [0.2, 0.25) is 5.95 Å². The number of nitrogens with zero attached hydrogens (tertiary/aromatic N) is 3. The SMILES string of the molecule is Cn1c(N2CCC(F)(F)CC2)nc2c(N)cccc21. The van der Waals surface area contributed by atoms with Crippen LogP contribution in [0.25, 0.3) is 11.0 Å². The average Bonchev–Trinajstić information content (AvgIpc) is 2.69. The van der Waals surface area contributed by atoms with Crippen LogP contribution in [0.5, 0.6) is 0 Å². The van der Waals surface area contributed by atoms with Crippen LogP contribution >= 0.6 is 0 Å². The van der Waals surface area contributed by atoms with Crippen LogP contribution in [0.3, 0.4) is 0 Å². The van der Waals surface area contributed by atoms with E-state index in [1.165, 1.54) is 0 Å². The molecule has 2 aromatic rings. The molecular formula is C13H16F2N4. The largest absolute Gasteiger partial charge is 0.397 e. The Morgan fingerprint density at radius 1 is 1.26 bits per heavy atom. The van der Waals surface area contributed by atoms with E-state index in [1.54, 1.807) is 6.07 Å². The molecule has 0 bridgehead atoms. The molecule has 1 fully saturated rings. The summed E-state index contributed by atoms with van der Waals surface area (Å²) in [6.07, 6.45) is -0.239. The van der Waals surface area contributed by atoms with Gasteiger partial charge in [-0.25, -0.2) is 13.8 Å². The van der Waals surface area contributed by atoms with Gasteiger partial charge in [0, 0.05) is 33.0 Å². The predicted molar refractivity (Wildman–Crippen MR) is 71.5 cm³/mol. The molecule has 0 atom stereocenters. The lowest BCUT2D eigenvalue weighted by molar-refractivity contribution is -0.0223. The monoisotopic (exact) mass is 266 g/mol. The van der Waals surface area contributed by atoms with Crippen molar-refractivity contribution in [1.29, 1.82) is 0 Å². The highest BCUT2D eigenvalue weighted by Gasteiger charge is 2.35. The van der Waals surface area contributed by atoms with Crippen molar-refractivity contribution in [3.63, 3.8) is 0 Å². The minimum absolute atomic E-state index is 0.119. The zero-order valence-electron chi connectivity index (χ0n) is 10.7. The Morgan fingerprint density at radius 2 is 1.95 bits per heavy atom. The number of rotatable bonds is 1. The second-order valence-corrected chi connectivity index (χ2v) is 5.03. The number of nitrogen functional groups attached to an aromatic ring is 1. The van der Waals surface area contributed by atoms with Crippen LogP contribution in [0, 0.1) is 0 Å². The molecule has 1 saturated heterocycles. The molecule has 6 heteroatoms. The van der Waals surface area contributed by atoms with Crippen molar-refractivity contribution < 1.29 is 8.78 Å². The highest BCUT2D eigenvalue weighted by molar-refractivity contribution is 5.89. The van der Waals surface area contributed by atoms with Crippen molar-refractivity contribution in [3.05, 3.63) is 18.2 Å². The highest BCUT2D eigenvalue weighted by atomic mass is 19.3. The Kier molecular flexibility index (Phi) is 2.62. The van der Waals surface area contributed by atoms with Crippen molar-refractivity contribution in [2.45, 2.75) is 18.8 Å². The van der Waals surface area contributed by atoms with Gasteiger partial charge in [-0.2, -0.15) is 0 Å². The standard InChI is InChI=1S/C13H16F2N4/c1-18-10-4-2-3-9(16)11(10)17-12(18)19-7-5-13(14,15)6-8-19/h2-4H,5-8,16H2,1H3. The fraction of sp³-hybridized carbons (Fsp3) is 0.462. The summed E-state index contributed by atoms with van der Waals surface area (Å²) in [5, 5.41) is 0. The number of piperidine rings is 1. The zero-order chi connectivity index (χ0) is 13.6. The van der Waals surface area contributed by atoms with Crippen LogP contribution in [-0.4, -0.2) is 28.6 Å². The van der Waals surface area contributed by atoms with Crippen molar-refractivity contribution in [1.82, 2.24) is 9.55 Å². The molecule has 0 amide bonds. The molecule has 3 rings (SSSR count). The number of hydrogen-bond acceptors (Lipinski definition) is 3. The summed E-state index contributed by atoms with van der Waals surface area (Å²) in [5.41, 5.74) is 8.17. The lowest BCUT2D eigenvalue weighted by Crippen LogP contribution is -2.40. The normalized spacial score (nSPS) is 19.0. The first kappa shape index (κ1) is 12.2. The third-order valence-corrected chi connectivity index (χ3v) is 3.70. The molecule has 0 unspecified atom stereocenters. The molecule has 1 aliphatic heterocycles. The Morgan fingerprint density at radius 3 is 2.58 bits per heavy atom. The van der Waals surface area contributed by atoms with Gasteiger partial charge in [0.25, 0.3) is 5.92 Å². The fourth-order valence-electron chi connectivity index (χ4n) is 2.54. The maximum Gasteiger partial charge on any atom is 0.251 e. The topological polar surface area (TPSA) is 47.1 Å². The van der Waals surface area contributed by atoms with Gasteiger partial charge in [0.15, 0.2) is 0 Å². The number of halogens is 2. The van der Waals surface area contributed by atoms with E-state index in [2.05, 4.69) is 4.98 Å². The summed E-state index contributed by atoms with van der Waals surface area (Å²) < 4.78 is 28.3. The fourth-order valence-corrected chi connectivity index (χ4v) is 2.54. The molecule has 102 valence electrons. The van der Waals surface area contributed by atoms with E-state index in [9.17, 15) is 8.78 Å². The number of nitrogens with two attached hydrogens (primary N) is 1. The Hall–Kier alpha value is -1.85. The number of anilines is 2. The number of hydrogen-bond donors (Lipinski definition) is 1. The maximum atomic E-state index is 13.2. The molecule has 2 heterocycles. The van der Waals surface area contributed by atoms with Crippen LogP contribution < -0.4 is 10.6 Å². The summed E-state index contributed by atoms with van der Waals surface area (Å²) in [6.45, 7) is 0.647. The van der Waals surface area contributed by atoms with Gasteiger partial charge in [0.05, 0.1) is 11.2 Å². The number of fused-ring (bicyclic) bond motifs is 1. The average molecular weight is 266 g/mol. The second kappa shape index (κ2) is 4.08. The van der Waals surface area contributed by atoms with Crippen molar-refractivity contribution in [2.75, 3.05) is 23.7 Å². The smallest absolute Gasteiger partial charge is 0.251 e. The summed E-state index contributed by atoms with van der Waals surface area (Å²) >= 11 is 0. The van der Waals surface area contributed by atoms with Gasteiger partial charge in [-0.15, -0.1) is 0 Å².